The number of amides is 1. The summed E-state index contributed by atoms with van der Waals surface area (Å²) in [6.45, 7) is 7.58. The number of carboxylic acids is 1. The fourth-order valence-electron chi connectivity index (χ4n) is 1.15. The molecule has 1 amide bonds. The summed E-state index contributed by atoms with van der Waals surface area (Å²) in [6.07, 6.45) is -0.912. The lowest BCUT2D eigenvalue weighted by molar-refractivity contribution is -0.168. The van der Waals surface area contributed by atoms with Crippen LogP contribution in [0.3, 0.4) is 0 Å². The van der Waals surface area contributed by atoms with Gasteiger partial charge in [0.05, 0.1) is 6.61 Å². The number of esters is 1. The summed E-state index contributed by atoms with van der Waals surface area (Å²) in [5.74, 6) is -2.50. The van der Waals surface area contributed by atoms with Crippen molar-refractivity contribution in [1.82, 2.24) is 4.90 Å². The molecule has 7 nitrogen and oxygen atoms in total. The van der Waals surface area contributed by atoms with E-state index in [0.29, 0.717) is 0 Å². The third-order valence-corrected chi connectivity index (χ3v) is 2.43. The first-order chi connectivity index (χ1) is 8.46. The molecule has 0 saturated carbocycles. The van der Waals surface area contributed by atoms with Gasteiger partial charge < -0.3 is 14.6 Å². The number of rotatable bonds is 4. The van der Waals surface area contributed by atoms with E-state index in [1.54, 1.807) is 27.7 Å². The van der Waals surface area contributed by atoms with Crippen LogP contribution in [0.25, 0.3) is 0 Å². The third-order valence-electron chi connectivity index (χ3n) is 2.43. The molecule has 0 radical (unpaired) electrons. The van der Waals surface area contributed by atoms with E-state index in [0.717, 1.165) is 11.8 Å². The van der Waals surface area contributed by atoms with E-state index in [2.05, 4.69) is 0 Å². The molecule has 0 fully saturated rings. The minimum atomic E-state index is -2.13. The summed E-state index contributed by atoms with van der Waals surface area (Å²) in [5, 5.41) is 9.20. The van der Waals surface area contributed by atoms with Crippen molar-refractivity contribution < 1.29 is 29.0 Å². The van der Waals surface area contributed by atoms with Gasteiger partial charge in [0.2, 0.25) is 5.54 Å². The van der Waals surface area contributed by atoms with Crippen LogP contribution >= 0.6 is 0 Å². The average molecular weight is 275 g/mol. The maximum atomic E-state index is 11.9. The second-order valence-electron chi connectivity index (χ2n) is 5.14. The van der Waals surface area contributed by atoms with Crippen molar-refractivity contribution in [3.63, 3.8) is 0 Å². The normalized spacial score (nSPS) is 14.2. The molecule has 0 bridgehead atoms. The van der Waals surface area contributed by atoms with E-state index in [1.807, 2.05) is 0 Å². The standard InChI is InChI=1S/C12H21NO6/c1-7-18-9(16)12(5,8(14)15)13(6)10(17)19-11(2,3)4/h7H2,1-6H3,(H,14,15). The Labute approximate surface area is 112 Å². The van der Waals surface area contributed by atoms with Gasteiger partial charge >= 0.3 is 18.0 Å². The van der Waals surface area contributed by atoms with Crippen molar-refractivity contribution in [2.45, 2.75) is 45.8 Å². The van der Waals surface area contributed by atoms with E-state index < -0.39 is 29.2 Å². The summed E-state index contributed by atoms with van der Waals surface area (Å²) in [4.78, 5) is 35.6. The highest BCUT2D eigenvalue weighted by molar-refractivity contribution is 6.05. The molecule has 0 aromatic carbocycles. The summed E-state index contributed by atoms with van der Waals surface area (Å²) >= 11 is 0. The van der Waals surface area contributed by atoms with Gasteiger partial charge in [-0.05, 0) is 34.6 Å². The van der Waals surface area contributed by atoms with Gasteiger partial charge in [-0.1, -0.05) is 0 Å². The zero-order valence-electron chi connectivity index (χ0n) is 12.1. The average Bonchev–Trinajstić information content (AvgIpc) is 2.24. The van der Waals surface area contributed by atoms with Crippen LogP contribution in [0, 0.1) is 0 Å². The molecule has 7 heteroatoms. The Morgan fingerprint density at radius 1 is 1.16 bits per heavy atom. The number of likely N-dealkylation sites (N-methyl/N-ethyl adjacent to an activating group) is 1. The van der Waals surface area contributed by atoms with Crippen LogP contribution in [0.1, 0.15) is 34.6 Å². The zero-order valence-corrected chi connectivity index (χ0v) is 12.1. The fraction of sp³-hybridized carbons (Fsp3) is 0.750. The Morgan fingerprint density at radius 2 is 1.63 bits per heavy atom. The van der Waals surface area contributed by atoms with Gasteiger partial charge in [0.1, 0.15) is 5.60 Å². The molecule has 0 spiro atoms. The predicted octanol–water partition coefficient (Wildman–Crippen LogP) is 1.26. The number of hydrogen-bond donors (Lipinski definition) is 1. The van der Waals surface area contributed by atoms with Crippen LogP contribution in [0.2, 0.25) is 0 Å². The number of carbonyl (C=O) groups is 3. The number of ether oxygens (including phenoxy) is 2. The molecule has 0 saturated heterocycles. The van der Waals surface area contributed by atoms with Gasteiger partial charge in [0.15, 0.2) is 0 Å². The quantitative estimate of drug-likeness (QED) is 0.613. The van der Waals surface area contributed by atoms with Crippen LogP contribution in [-0.4, -0.2) is 52.8 Å². The Hall–Kier alpha value is -1.79. The maximum absolute atomic E-state index is 11.9. The van der Waals surface area contributed by atoms with Crippen LogP contribution < -0.4 is 0 Å². The smallest absolute Gasteiger partial charge is 0.411 e. The van der Waals surface area contributed by atoms with Crippen LogP contribution in [0.5, 0.6) is 0 Å². The SMILES string of the molecule is CCOC(=O)C(C)(C(=O)O)N(C)C(=O)OC(C)(C)C. The number of carboxylic acid groups (broad SMARTS) is 1. The van der Waals surface area contributed by atoms with Gasteiger partial charge in [-0.15, -0.1) is 0 Å². The van der Waals surface area contributed by atoms with Crippen molar-refractivity contribution in [1.29, 1.82) is 0 Å². The molecule has 1 N–H and O–H groups in total. The molecule has 0 heterocycles. The highest BCUT2D eigenvalue weighted by Crippen LogP contribution is 2.20. The number of carbonyl (C=O) groups excluding carboxylic acids is 2. The van der Waals surface area contributed by atoms with Crippen molar-refractivity contribution >= 4 is 18.0 Å². The first-order valence-corrected chi connectivity index (χ1v) is 5.84. The summed E-state index contributed by atoms with van der Waals surface area (Å²) in [7, 11) is 1.18. The molecule has 1 atom stereocenters. The van der Waals surface area contributed by atoms with Crippen LogP contribution in [0.4, 0.5) is 4.79 Å². The predicted molar refractivity (Wildman–Crippen MR) is 66.7 cm³/mol. The first kappa shape index (κ1) is 17.2. The topological polar surface area (TPSA) is 93.1 Å². The number of nitrogens with zero attached hydrogens (tertiary/aromatic N) is 1. The molecule has 0 aromatic heterocycles. The van der Waals surface area contributed by atoms with Gasteiger partial charge in [-0.2, -0.15) is 0 Å². The van der Waals surface area contributed by atoms with E-state index in [1.165, 1.54) is 7.05 Å². The Bertz CT molecular complexity index is 373. The van der Waals surface area contributed by atoms with Crippen molar-refractivity contribution in [3.05, 3.63) is 0 Å². The molecule has 0 rings (SSSR count). The molecule has 110 valence electrons. The minimum absolute atomic E-state index is 0.0177. The Kier molecular flexibility index (Phi) is 5.34. The summed E-state index contributed by atoms with van der Waals surface area (Å²) in [5.41, 5.74) is -2.92. The molecular weight excluding hydrogens is 254 g/mol. The van der Waals surface area contributed by atoms with Crippen LogP contribution in [-0.2, 0) is 19.1 Å². The lowest BCUT2D eigenvalue weighted by Gasteiger charge is -2.33. The number of hydrogen-bond acceptors (Lipinski definition) is 5. The second kappa shape index (κ2) is 5.90. The van der Waals surface area contributed by atoms with E-state index in [9.17, 15) is 19.5 Å². The minimum Gasteiger partial charge on any atom is -0.479 e. The largest absolute Gasteiger partial charge is 0.479 e. The zero-order chi connectivity index (χ0) is 15.4. The van der Waals surface area contributed by atoms with E-state index in [4.69, 9.17) is 9.47 Å². The molecule has 1 unspecified atom stereocenters. The van der Waals surface area contributed by atoms with Crippen molar-refractivity contribution in [2.75, 3.05) is 13.7 Å². The molecule has 0 aliphatic carbocycles. The third kappa shape index (κ3) is 4.11. The summed E-state index contributed by atoms with van der Waals surface area (Å²) in [6, 6.07) is 0. The Morgan fingerprint density at radius 3 is 1.95 bits per heavy atom. The van der Waals surface area contributed by atoms with Gasteiger partial charge in [-0.3, -0.25) is 4.90 Å². The van der Waals surface area contributed by atoms with Gasteiger partial charge in [0.25, 0.3) is 0 Å². The highest BCUT2D eigenvalue weighted by Gasteiger charge is 2.50. The lowest BCUT2D eigenvalue weighted by atomic mass is 10.0. The monoisotopic (exact) mass is 275 g/mol. The molecular formula is C12H21NO6. The summed E-state index contributed by atoms with van der Waals surface area (Å²) < 4.78 is 9.74. The van der Waals surface area contributed by atoms with Crippen molar-refractivity contribution in [2.24, 2.45) is 0 Å². The molecule has 0 aliphatic heterocycles. The van der Waals surface area contributed by atoms with E-state index >= 15 is 0 Å². The lowest BCUT2D eigenvalue weighted by Crippen LogP contribution is -2.59. The van der Waals surface area contributed by atoms with E-state index in [-0.39, 0.29) is 6.61 Å². The van der Waals surface area contributed by atoms with Crippen LogP contribution in [0.15, 0.2) is 0 Å². The van der Waals surface area contributed by atoms with Gasteiger partial charge in [-0.25, -0.2) is 14.4 Å². The second-order valence-corrected chi connectivity index (χ2v) is 5.14. The number of aliphatic carboxylic acids is 1. The van der Waals surface area contributed by atoms with Crippen molar-refractivity contribution in [3.8, 4) is 0 Å². The van der Waals surface area contributed by atoms with Gasteiger partial charge in [0, 0.05) is 7.05 Å². The molecule has 0 aliphatic rings. The highest BCUT2D eigenvalue weighted by atomic mass is 16.6. The molecule has 0 aromatic rings. The fourth-order valence-corrected chi connectivity index (χ4v) is 1.15. The molecule has 19 heavy (non-hydrogen) atoms. The first-order valence-electron chi connectivity index (χ1n) is 5.84. The Balaban J connectivity index is 5.25. The maximum Gasteiger partial charge on any atom is 0.411 e.